The summed E-state index contributed by atoms with van der Waals surface area (Å²) >= 11 is 6.24. The smallest absolute Gasteiger partial charge is 0.272 e. The zero-order chi connectivity index (χ0) is 20.1. The monoisotopic (exact) mass is 396 g/mol. The van der Waals surface area contributed by atoms with Crippen molar-refractivity contribution < 1.29 is 14.3 Å². The first-order chi connectivity index (χ1) is 13.5. The molecule has 0 unspecified atom stereocenters. The SMILES string of the molecule is CCOc1cc(/C=N\NC(=O)c2c(C)ccc3ccccc23)cc(Cl)c1OC. The van der Waals surface area contributed by atoms with Gasteiger partial charge in [0.2, 0.25) is 0 Å². The maximum Gasteiger partial charge on any atom is 0.272 e. The Balaban J connectivity index is 1.84. The zero-order valence-electron chi connectivity index (χ0n) is 16.0. The molecule has 3 aromatic carbocycles. The van der Waals surface area contributed by atoms with Crippen LogP contribution >= 0.6 is 11.6 Å². The van der Waals surface area contributed by atoms with Gasteiger partial charge in [-0.05, 0) is 47.9 Å². The van der Waals surface area contributed by atoms with Gasteiger partial charge >= 0.3 is 0 Å². The third-order valence-corrected chi connectivity index (χ3v) is 4.56. The normalized spacial score (nSPS) is 11.0. The third kappa shape index (κ3) is 4.10. The fourth-order valence-electron chi connectivity index (χ4n) is 3.03. The van der Waals surface area contributed by atoms with Crippen molar-refractivity contribution in [2.75, 3.05) is 13.7 Å². The van der Waals surface area contributed by atoms with E-state index in [0.29, 0.717) is 34.3 Å². The minimum Gasteiger partial charge on any atom is -0.491 e. The number of hydrogen-bond acceptors (Lipinski definition) is 4. The van der Waals surface area contributed by atoms with E-state index in [1.165, 1.54) is 13.3 Å². The van der Waals surface area contributed by atoms with Gasteiger partial charge in [0.15, 0.2) is 11.5 Å². The van der Waals surface area contributed by atoms with Gasteiger partial charge in [-0.3, -0.25) is 4.79 Å². The average Bonchev–Trinajstić information content (AvgIpc) is 2.68. The van der Waals surface area contributed by atoms with E-state index in [1.807, 2.05) is 50.2 Å². The number of hydrazone groups is 1. The van der Waals surface area contributed by atoms with Crippen LogP contribution in [0.2, 0.25) is 5.02 Å². The highest BCUT2D eigenvalue weighted by Gasteiger charge is 2.13. The molecule has 0 saturated heterocycles. The molecule has 0 aliphatic carbocycles. The molecule has 0 heterocycles. The first-order valence-electron chi connectivity index (χ1n) is 8.87. The lowest BCUT2D eigenvalue weighted by atomic mass is 9.99. The van der Waals surface area contributed by atoms with Gasteiger partial charge in [-0.2, -0.15) is 5.10 Å². The van der Waals surface area contributed by atoms with Crippen LogP contribution in [0.1, 0.15) is 28.4 Å². The minimum atomic E-state index is -0.268. The molecule has 6 heteroatoms. The number of amides is 1. The topological polar surface area (TPSA) is 59.9 Å². The van der Waals surface area contributed by atoms with Crippen molar-refractivity contribution in [1.29, 1.82) is 0 Å². The van der Waals surface area contributed by atoms with Crippen molar-refractivity contribution >= 4 is 34.5 Å². The van der Waals surface area contributed by atoms with Gasteiger partial charge in [-0.1, -0.05) is 48.0 Å². The number of methoxy groups -OCH3 is 1. The highest BCUT2D eigenvalue weighted by Crippen LogP contribution is 2.35. The highest BCUT2D eigenvalue weighted by atomic mass is 35.5. The molecule has 28 heavy (non-hydrogen) atoms. The Morgan fingerprint density at radius 1 is 1.21 bits per heavy atom. The Kier molecular flexibility index (Phi) is 6.16. The number of fused-ring (bicyclic) bond motifs is 1. The summed E-state index contributed by atoms with van der Waals surface area (Å²) in [6, 6.07) is 15.1. The highest BCUT2D eigenvalue weighted by molar-refractivity contribution is 6.32. The molecule has 0 aromatic heterocycles. The predicted octanol–water partition coefficient (Wildman–Crippen LogP) is 4.97. The van der Waals surface area contributed by atoms with Crippen molar-refractivity contribution in [3.8, 4) is 11.5 Å². The van der Waals surface area contributed by atoms with Crippen LogP contribution in [-0.2, 0) is 0 Å². The Morgan fingerprint density at radius 2 is 2.00 bits per heavy atom. The summed E-state index contributed by atoms with van der Waals surface area (Å²) in [5, 5.41) is 6.39. The first-order valence-corrected chi connectivity index (χ1v) is 9.25. The molecular formula is C22H21ClN2O3. The van der Waals surface area contributed by atoms with E-state index >= 15 is 0 Å². The van der Waals surface area contributed by atoms with Crippen molar-refractivity contribution in [1.82, 2.24) is 5.43 Å². The number of nitrogens with zero attached hydrogens (tertiary/aromatic N) is 1. The predicted molar refractivity (Wildman–Crippen MR) is 113 cm³/mol. The largest absolute Gasteiger partial charge is 0.491 e. The van der Waals surface area contributed by atoms with Crippen LogP contribution in [0, 0.1) is 6.92 Å². The number of halogens is 1. The summed E-state index contributed by atoms with van der Waals surface area (Å²) in [4.78, 5) is 12.7. The quantitative estimate of drug-likeness (QED) is 0.472. The van der Waals surface area contributed by atoms with Crippen molar-refractivity contribution in [2.24, 2.45) is 5.10 Å². The second-order valence-electron chi connectivity index (χ2n) is 6.14. The van der Waals surface area contributed by atoms with Crippen LogP contribution in [0.15, 0.2) is 53.6 Å². The van der Waals surface area contributed by atoms with Crippen LogP contribution < -0.4 is 14.9 Å². The number of carbonyl (C=O) groups excluding carboxylic acids is 1. The third-order valence-electron chi connectivity index (χ3n) is 4.28. The van der Waals surface area contributed by atoms with Gasteiger partial charge in [0.05, 0.1) is 30.5 Å². The molecular weight excluding hydrogens is 376 g/mol. The summed E-state index contributed by atoms with van der Waals surface area (Å²) in [7, 11) is 1.53. The summed E-state index contributed by atoms with van der Waals surface area (Å²) in [5.41, 5.74) is 4.78. The van der Waals surface area contributed by atoms with Crippen LogP contribution in [-0.4, -0.2) is 25.8 Å². The van der Waals surface area contributed by atoms with Crippen molar-refractivity contribution in [2.45, 2.75) is 13.8 Å². The van der Waals surface area contributed by atoms with Gasteiger partial charge < -0.3 is 9.47 Å². The summed E-state index contributed by atoms with van der Waals surface area (Å²) in [5.74, 6) is 0.724. The molecule has 0 aliphatic heterocycles. The molecule has 0 radical (unpaired) electrons. The second kappa shape index (κ2) is 8.76. The number of nitrogens with one attached hydrogen (secondary N) is 1. The average molecular weight is 397 g/mol. The second-order valence-corrected chi connectivity index (χ2v) is 6.55. The summed E-state index contributed by atoms with van der Waals surface area (Å²) < 4.78 is 10.8. The minimum absolute atomic E-state index is 0.268. The molecule has 3 aromatic rings. The van der Waals surface area contributed by atoms with Gasteiger partial charge in [0, 0.05) is 0 Å². The van der Waals surface area contributed by atoms with Crippen molar-refractivity contribution in [3.05, 3.63) is 70.2 Å². The molecule has 3 rings (SSSR count). The Hall–Kier alpha value is -3.05. The van der Waals surface area contributed by atoms with E-state index in [0.717, 1.165) is 16.3 Å². The molecule has 0 aliphatic rings. The van der Waals surface area contributed by atoms with Crippen molar-refractivity contribution in [3.63, 3.8) is 0 Å². The lowest BCUT2D eigenvalue weighted by Gasteiger charge is -2.11. The molecule has 0 fully saturated rings. The fourth-order valence-corrected chi connectivity index (χ4v) is 3.32. The molecule has 0 saturated carbocycles. The Morgan fingerprint density at radius 3 is 2.75 bits per heavy atom. The van der Waals surface area contributed by atoms with E-state index in [-0.39, 0.29) is 5.91 Å². The fraction of sp³-hybridized carbons (Fsp3) is 0.182. The van der Waals surface area contributed by atoms with E-state index in [2.05, 4.69) is 10.5 Å². The molecule has 1 amide bonds. The summed E-state index contributed by atoms with van der Waals surface area (Å²) in [6.45, 7) is 4.26. The molecule has 0 atom stereocenters. The van der Waals surface area contributed by atoms with E-state index in [1.54, 1.807) is 12.1 Å². The molecule has 0 spiro atoms. The van der Waals surface area contributed by atoms with E-state index < -0.39 is 0 Å². The number of ether oxygens (including phenoxy) is 2. The lowest BCUT2D eigenvalue weighted by molar-refractivity contribution is 0.0956. The van der Waals surface area contributed by atoms with Crippen LogP contribution in [0.25, 0.3) is 10.8 Å². The maximum atomic E-state index is 12.7. The van der Waals surface area contributed by atoms with Crippen LogP contribution in [0.4, 0.5) is 0 Å². The van der Waals surface area contributed by atoms with Gasteiger partial charge in [0.1, 0.15) is 0 Å². The zero-order valence-corrected chi connectivity index (χ0v) is 16.7. The van der Waals surface area contributed by atoms with Gasteiger partial charge in [-0.15, -0.1) is 0 Å². The van der Waals surface area contributed by atoms with E-state index in [9.17, 15) is 4.79 Å². The lowest BCUT2D eigenvalue weighted by Crippen LogP contribution is -2.19. The Labute approximate surface area is 168 Å². The maximum absolute atomic E-state index is 12.7. The molecule has 5 nitrogen and oxygen atoms in total. The molecule has 1 N–H and O–H groups in total. The van der Waals surface area contributed by atoms with Gasteiger partial charge in [-0.25, -0.2) is 5.43 Å². The number of benzene rings is 3. The first kappa shape index (κ1) is 19.7. The van der Waals surface area contributed by atoms with Crippen LogP contribution in [0.3, 0.4) is 0 Å². The number of rotatable bonds is 6. The Bertz CT molecular complexity index is 1050. The molecule has 0 bridgehead atoms. The van der Waals surface area contributed by atoms with Crippen LogP contribution in [0.5, 0.6) is 11.5 Å². The van der Waals surface area contributed by atoms with Gasteiger partial charge in [0.25, 0.3) is 5.91 Å². The standard InChI is InChI=1S/C22H21ClN2O3/c1-4-28-19-12-15(11-18(23)21(19)27-3)13-24-25-22(26)20-14(2)9-10-16-7-5-6-8-17(16)20/h5-13H,4H2,1-3H3,(H,25,26)/b24-13-. The number of carbonyl (C=O) groups is 1. The van der Waals surface area contributed by atoms with E-state index in [4.69, 9.17) is 21.1 Å². The number of hydrogen-bond donors (Lipinski definition) is 1. The summed E-state index contributed by atoms with van der Waals surface area (Å²) in [6.07, 6.45) is 1.52. The number of aryl methyl sites for hydroxylation is 1. The molecule has 144 valence electrons.